The van der Waals surface area contributed by atoms with E-state index in [1.165, 1.54) is 13.0 Å². The molecule has 0 atom stereocenters. The topological polar surface area (TPSA) is 67.8 Å². The van der Waals surface area contributed by atoms with E-state index in [0.717, 1.165) is 0 Å². The predicted molar refractivity (Wildman–Crippen MR) is 95.9 cm³/mol. The summed E-state index contributed by atoms with van der Waals surface area (Å²) in [6, 6.07) is 4.78. The van der Waals surface area contributed by atoms with Crippen molar-refractivity contribution in [1.82, 2.24) is 5.32 Å². The van der Waals surface area contributed by atoms with Crippen LogP contribution < -0.4 is 5.32 Å². The molecule has 2 rings (SSSR count). The fraction of sp³-hybridized carbons (Fsp3) is 0.471. The Morgan fingerprint density at radius 3 is 2.42 bits per heavy atom. The van der Waals surface area contributed by atoms with Gasteiger partial charge >= 0.3 is 7.12 Å². The van der Waals surface area contributed by atoms with Crippen LogP contribution >= 0.6 is 11.6 Å². The lowest BCUT2D eigenvalue weighted by Gasteiger charge is -2.32. The SMILES string of the molecule is CC(=O)NCC(=Cc1cc(Cl)ccc1O)B1OC(C)(C)C(C)(C)O1. The minimum Gasteiger partial charge on any atom is -0.507 e. The van der Waals surface area contributed by atoms with Crippen molar-refractivity contribution in [3.63, 3.8) is 0 Å². The van der Waals surface area contributed by atoms with Gasteiger partial charge in [0.15, 0.2) is 0 Å². The molecule has 1 amide bonds. The van der Waals surface area contributed by atoms with Gasteiger partial charge in [0.05, 0.1) is 11.2 Å². The van der Waals surface area contributed by atoms with Gasteiger partial charge in [-0.25, -0.2) is 0 Å². The number of carbonyl (C=O) groups excluding carboxylic acids is 1. The number of amides is 1. The summed E-state index contributed by atoms with van der Waals surface area (Å²) in [5, 5.41) is 13.3. The maximum Gasteiger partial charge on any atom is 0.492 e. The van der Waals surface area contributed by atoms with E-state index in [4.69, 9.17) is 20.9 Å². The van der Waals surface area contributed by atoms with Gasteiger partial charge < -0.3 is 19.7 Å². The molecule has 1 heterocycles. The zero-order valence-corrected chi connectivity index (χ0v) is 15.4. The average molecular weight is 352 g/mol. The molecule has 1 fully saturated rings. The fourth-order valence-corrected chi connectivity index (χ4v) is 2.44. The van der Waals surface area contributed by atoms with Crippen LogP contribution in [0.2, 0.25) is 5.02 Å². The van der Waals surface area contributed by atoms with E-state index in [0.29, 0.717) is 16.1 Å². The minimum atomic E-state index is -0.625. The fourth-order valence-electron chi connectivity index (χ4n) is 2.26. The summed E-state index contributed by atoms with van der Waals surface area (Å²) >= 11 is 6.01. The number of phenols is 1. The lowest BCUT2D eigenvalue weighted by Crippen LogP contribution is -2.41. The normalized spacial score (nSPS) is 19.4. The number of rotatable bonds is 4. The zero-order chi connectivity index (χ0) is 18.1. The van der Waals surface area contributed by atoms with E-state index in [1.807, 2.05) is 27.7 Å². The largest absolute Gasteiger partial charge is 0.507 e. The highest BCUT2D eigenvalue weighted by Gasteiger charge is 2.52. The highest BCUT2D eigenvalue weighted by Crippen LogP contribution is 2.39. The third-order valence-corrected chi connectivity index (χ3v) is 4.66. The van der Waals surface area contributed by atoms with Crippen LogP contribution in [0.4, 0.5) is 0 Å². The Morgan fingerprint density at radius 1 is 1.29 bits per heavy atom. The second-order valence-electron chi connectivity index (χ2n) is 6.92. The van der Waals surface area contributed by atoms with Gasteiger partial charge in [-0.3, -0.25) is 4.79 Å². The number of nitrogens with one attached hydrogen (secondary N) is 1. The van der Waals surface area contributed by atoms with Crippen molar-refractivity contribution in [2.45, 2.75) is 45.8 Å². The van der Waals surface area contributed by atoms with Gasteiger partial charge in [-0.05, 0) is 51.4 Å². The van der Waals surface area contributed by atoms with Gasteiger partial charge in [0.2, 0.25) is 5.91 Å². The van der Waals surface area contributed by atoms with E-state index in [2.05, 4.69) is 5.32 Å². The first-order valence-electron chi connectivity index (χ1n) is 7.81. The molecule has 0 spiro atoms. The molecule has 0 unspecified atom stereocenters. The van der Waals surface area contributed by atoms with E-state index >= 15 is 0 Å². The number of benzene rings is 1. The Balaban J connectivity index is 2.37. The standard InChI is InChI=1S/C17H23BClNO4/c1-11(21)20-10-13(8-12-9-14(19)6-7-15(12)22)18-23-16(2,3)17(4,5)24-18/h6-9,22H,10H2,1-5H3,(H,20,21). The molecule has 0 radical (unpaired) electrons. The van der Waals surface area contributed by atoms with Crippen molar-refractivity contribution in [3.8, 4) is 5.75 Å². The molecule has 0 aromatic heterocycles. The van der Waals surface area contributed by atoms with E-state index < -0.39 is 18.3 Å². The summed E-state index contributed by atoms with van der Waals surface area (Å²) in [6.07, 6.45) is 1.74. The van der Waals surface area contributed by atoms with Gasteiger partial charge in [0, 0.05) is 24.1 Å². The molecule has 1 aliphatic rings. The Kier molecular flexibility index (Phi) is 5.33. The predicted octanol–water partition coefficient (Wildman–Crippen LogP) is 3.20. The molecule has 7 heteroatoms. The quantitative estimate of drug-likeness (QED) is 0.818. The van der Waals surface area contributed by atoms with Crippen LogP contribution in [-0.2, 0) is 14.1 Å². The highest BCUT2D eigenvalue weighted by molar-refractivity contribution is 6.56. The van der Waals surface area contributed by atoms with Gasteiger partial charge in [0.25, 0.3) is 0 Å². The maximum atomic E-state index is 11.3. The van der Waals surface area contributed by atoms with Gasteiger partial charge in [0.1, 0.15) is 5.75 Å². The van der Waals surface area contributed by atoms with Crippen LogP contribution in [0.1, 0.15) is 40.2 Å². The number of phenolic OH excluding ortho intramolecular Hbond substituents is 1. The van der Waals surface area contributed by atoms with Crippen LogP contribution in [-0.4, -0.2) is 35.9 Å². The Labute approximate surface area is 148 Å². The number of hydrogen-bond donors (Lipinski definition) is 2. The molecule has 2 N–H and O–H groups in total. The molecule has 1 aromatic rings. The first-order chi connectivity index (χ1) is 11.0. The van der Waals surface area contributed by atoms with Gasteiger partial charge in [-0.15, -0.1) is 0 Å². The van der Waals surface area contributed by atoms with Crippen LogP contribution in [0.15, 0.2) is 23.7 Å². The van der Waals surface area contributed by atoms with Crippen LogP contribution in [0, 0.1) is 0 Å². The van der Waals surface area contributed by atoms with Crippen LogP contribution in [0.25, 0.3) is 6.08 Å². The summed E-state index contributed by atoms with van der Waals surface area (Å²) in [7, 11) is -0.625. The molecule has 1 saturated heterocycles. The summed E-state index contributed by atoms with van der Waals surface area (Å²) in [5.41, 5.74) is 0.242. The first-order valence-corrected chi connectivity index (χ1v) is 8.19. The second-order valence-corrected chi connectivity index (χ2v) is 7.36. The molecular weight excluding hydrogens is 328 g/mol. The van der Waals surface area contributed by atoms with Gasteiger partial charge in [-0.2, -0.15) is 0 Å². The lowest BCUT2D eigenvalue weighted by molar-refractivity contribution is -0.118. The molecule has 0 aliphatic carbocycles. The van der Waals surface area contributed by atoms with E-state index in [9.17, 15) is 9.90 Å². The van der Waals surface area contributed by atoms with Crippen molar-refractivity contribution >= 4 is 30.7 Å². The molecule has 1 aromatic carbocycles. The molecule has 130 valence electrons. The minimum absolute atomic E-state index is 0.0937. The number of hydrogen-bond acceptors (Lipinski definition) is 4. The van der Waals surface area contributed by atoms with Crippen molar-refractivity contribution < 1.29 is 19.2 Å². The first kappa shape index (κ1) is 18.8. The van der Waals surface area contributed by atoms with E-state index in [1.54, 1.807) is 18.2 Å². The number of carbonyl (C=O) groups is 1. The van der Waals surface area contributed by atoms with Crippen LogP contribution in [0.3, 0.4) is 0 Å². The summed E-state index contributed by atoms with van der Waals surface area (Å²) in [5.74, 6) is -0.0658. The van der Waals surface area contributed by atoms with Crippen molar-refractivity contribution in [3.05, 3.63) is 34.3 Å². The van der Waals surface area contributed by atoms with Crippen molar-refractivity contribution in [2.75, 3.05) is 6.54 Å². The Morgan fingerprint density at radius 2 is 1.88 bits per heavy atom. The lowest BCUT2D eigenvalue weighted by atomic mass is 9.77. The molecular formula is C17H23BClNO4. The van der Waals surface area contributed by atoms with Crippen LogP contribution in [0.5, 0.6) is 5.75 Å². The molecule has 0 bridgehead atoms. The Hall–Kier alpha value is -1.50. The third-order valence-electron chi connectivity index (χ3n) is 4.43. The second kappa shape index (κ2) is 6.79. The van der Waals surface area contributed by atoms with Crippen molar-refractivity contribution in [1.29, 1.82) is 0 Å². The summed E-state index contributed by atoms with van der Waals surface area (Å²) in [4.78, 5) is 11.3. The van der Waals surface area contributed by atoms with Gasteiger partial charge in [-0.1, -0.05) is 17.7 Å². The molecule has 0 saturated carbocycles. The van der Waals surface area contributed by atoms with Crippen molar-refractivity contribution in [2.24, 2.45) is 0 Å². The zero-order valence-electron chi connectivity index (χ0n) is 14.6. The number of aromatic hydroxyl groups is 1. The molecule has 1 aliphatic heterocycles. The summed E-state index contributed by atoms with van der Waals surface area (Å²) < 4.78 is 12.1. The number of halogens is 1. The summed E-state index contributed by atoms with van der Waals surface area (Å²) in [6.45, 7) is 9.52. The van der Waals surface area contributed by atoms with E-state index in [-0.39, 0.29) is 18.2 Å². The Bertz CT molecular complexity index is 657. The third kappa shape index (κ3) is 4.12. The molecule has 24 heavy (non-hydrogen) atoms. The maximum absolute atomic E-state index is 11.3. The molecule has 5 nitrogen and oxygen atoms in total. The highest BCUT2D eigenvalue weighted by atomic mass is 35.5. The monoisotopic (exact) mass is 351 g/mol. The smallest absolute Gasteiger partial charge is 0.492 e. The average Bonchev–Trinajstić information content (AvgIpc) is 2.66.